The molecule has 0 spiro atoms. The number of nitrogens with zero attached hydrogens (tertiary/aromatic N) is 1. The summed E-state index contributed by atoms with van der Waals surface area (Å²) in [6.07, 6.45) is 4.22. The zero-order valence-corrected chi connectivity index (χ0v) is 9.63. The van der Waals surface area contributed by atoms with Gasteiger partial charge in [0, 0.05) is 19.1 Å². The van der Waals surface area contributed by atoms with Crippen LogP contribution in [-0.2, 0) is 0 Å². The number of rotatable bonds is 2. The fourth-order valence-corrected chi connectivity index (χ4v) is 2.84. The van der Waals surface area contributed by atoms with Gasteiger partial charge in [-0.2, -0.15) is 0 Å². The summed E-state index contributed by atoms with van der Waals surface area (Å²) in [6.45, 7) is 9.94. The van der Waals surface area contributed by atoms with Crippen molar-refractivity contribution in [3.8, 4) is 0 Å². The maximum atomic E-state index is 3.46. The van der Waals surface area contributed by atoms with Gasteiger partial charge in [-0.3, -0.25) is 0 Å². The van der Waals surface area contributed by atoms with Crippen LogP contribution in [0.15, 0.2) is 0 Å². The van der Waals surface area contributed by atoms with Crippen LogP contribution >= 0.6 is 0 Å². The first-order chi connectivity index (χ1) is 6.75. The molecule has 0 saturated carbocycles. The van der Waals surface area contributed by atoms with Crippen LogP contribution in [0.2, 0.25) is 0 Å². The SMILES string of the molecule is CC1CCC(C)N(C[C@H]2CCNC2)C1. The molecule has 2 heteroatoms. The molecule has 0 aromatic heterocycles. The molecule has 0 aromatic carbocycles. The molecule has 0 amide bonds. The van der Waals surface area contributed by atoms with Crippen LogP contribution in [0.3, 0.4) is 0 Å². The van der Waals surface area contributed by atoms with E-state index in [4.69, 9.17) is 0 Å². The maximum Gasteiger partial charge on any atom is 0.00672 e. The minimum atomic E-state index is 0.826. The van der Waals surface area contributed by atoms with E-state index in [2.05, 4.69) is 24.1 Å². The lowest BCUT2D eigenvalue weighted by Gasteiger charge is -2.38. The largest absolute Gasteiger partial charge is 0.316 e. The molecule has 2 fully saturated rings. The summed E-state index contributed by atoms with van der Waals surface area (Å²) in [5, 5.41) is 3.46. The molecule has 0 bridgehead atoms. The van der Waals surface area contributed by atoms with Gasteiger partial charge in [-0.25, -0.2) is 0 Å². The zero-order chi connectivity index (χ0) is 9.97. The van der Waals surface area contributed by atoms with Crippen molar-refractivity contribution >= 4 is 0 Å². The summed E-state index contributed by atoms with van der Waals surface area (Å²) in [7, 11) is 0. The summed E-state index contributed by atoms with van der Waals surface area (Å²) >= 11 is 0. The molecular weight excluding hydrogens is 172 g/mol. The number of nitrogens with one attached hydrogen (secondary N) is 1. The maximum absolute atomic E-state index is 3.46. The molecule has 2 aliphatic heterocycles. The third kappa shape index (κ3) is 2.48. The van der Waals surface area contributed by atoms with E-state index < -0.39 is 0 Å². The second kappa shape index (κ2) is 4.63. The predicted octanol–water partition coefficient (Wildman–Crippen LogP) is 1.72. The van der Waals surface area contributed by atoms with Gasteiger partial charge in [-0.15, -0.1) is 0 Å². The van der Waals surface area contributed by atoms with Gasteiger partial charge in [-0.05, 0) is 51.1 Å². The zero-order valence-electron chi connectivity index (χ0n) is 9.63. The van der Waals surface area contributed by atoms with Gasteiger partial charge in [0.05, 0.1) is 0 Å². The van der Waals surface area contributed by atoms with Crippen LogP contribution in [0.4, 0.5) is 0 Å². The Morgan fingerprint density at radius 2 is 2.07 bits per heavy atom. The number of piperidine rings is 1. The van der Waals surface area contributed by atoms with Crippen molar-refractivity contribution in [1.82, 2.24) is 10.2 Å². The lowest BCUT2D eigenvalue weighted by atomic mass is 9.93. The predicted molar refractivity (Wildman–Crippen MR) is 60.4 cm³/mol. The van der Waals surface area contributed by atoms with Gasteiger partial charge in [0.15, 0.2) is 0 Å². The molecule has 2 nitrogen and oxygen atoms in total. The first kappa shape index (κ1) is 10.4. The summed E-state index contributed by atoms with van der Waals surface area (Å²) in [4.78, 5) is 2.71. The van der Waals surface area contributed by atoms with Crippen LogP contribution in [0.5, 0.6) is 0 Å². The van der Waals surface area contributed by atoms with Crippen molar-refractivity contribution in [1.29, 1.82) is 0 Å². The lowest BCUT2D eigenvalue weighted by Crippen LogP contribution is -2.43. The molecule has 2 unspecified atom stereocenters. The Kier molecular flexibility index (Phi) is 3.45. The molecule has 82 valence electrons. The van der Waals surface area contributed by atoms with E-state index >= 15 is 0 Å². The number of hydrogen-bond acceptors (Lipinski definition) is 2. The topological polar surface area (TPSA) is 15.3 Å². The monoisotopic (exact) mass is 196 g/mol. The molecule has 1 N–H and O–H groups in total. The molecule has 14 heavy (non-hydrogen) atoms. The minimum absolute atomic E-state index is 0.826. The van der Waals surface area contributed by atoms with Gasteiger partial charge in [0.2, 0.25) is 0 Å². The Labute approximate surface area is 88.1 Å². The Morgan fingerprint density at radius 3 is 2.79 bits per heavy atom. The van der Waals surface area contributed by atoms with E-state index in [1.807, 2.05) is 0 Å². The van der Waals surface area contributed by atoms with Crippen molar-refractivity contribution in [2.45, 2.75) is 39.2 Å². The molecule has 0 aliphatic carbocycles. The normalized spacial score (nSPS) is 40.3. The van der Waals surface area contributed by atoms with Crippen molar-refractivity contribution in [3.63, 3.8) is 0 Å². The number of hydrogen-bond donors (Lipinski definition) is 1. The third-order valence-electron chi connectivity index (χ3n) is 3.90. The Hall–Kier alpha value is -0.0800. The van der Waals surface area contributed by atoms with Crippen molar-refractivity contribution in [2.24, 2.45) is 11.8 Å². The molecule has 3 atom stereocenters. The minimum Gasteiger partial charge on any atom is -0.316 e. The Bertz CT molecular complexity index is 175. The average Bonchev–Trinajstić information content (AvgIpc) is 2.64. The van der Waals surface area contributed by atoms with E-state index in [-0.39, 0.29) is 0 Å². The van der Waals surface area contributed by atoms with E-state index in [1.54, 1.807) is 0 Å². The molecule has 0 aromatic rings. The quantitative estimate of drug-likeness (QED) is 0.723. The van der Waals surface area contributed by atoms with Crippen molar-refractivity contribution in [2.75, 3.05) is 26.2 Å². The molecule has 2 rings (SSSR count). The summed E-state index contributed by atoms with van der Waals surface area (Å²) in [6, 6.07) is 0.826. The second-order valence-corrected chi connectivity index (χ2v) is 5.34. The van der Waals surface area contributed by atoms with E-state index in [0.717, 1.165) is 17.9 Å². The van der Waals surface area contributed by atoms with Crippen LogP contribution in [0.25, 0.3) is 0 Å². The highest BCUT2D eigenvalue weighted by Gasteiger charge is 2.26. The van der Waals surface area contributed by atoms with Gasteiger partial charge in [-0.1, -0.05) is 6.92 Å². The highest BCUT2D eigenvalue weighted by molar-refractivity contribution is 4.81. The molecular formula is C12H24N2. The standard InChI is InChI=1S/C12H24N2/c1-10-3-4-11(2)14(8-10)9-12-5-6-13-7-12/h10-13H,3-9H2,1-2H3/t10?,11?,12-/m0/s1. The molecule has 2 saturated heterocycles. The highest BCUT2D eigenvalue weighted by Crippen LogP contribution is 2.23. The summed E-state index contributed by atoms with van der Waals surface area (Å²) in [5.74, 6) is 1.84. The molecule has 2 aliphatic rings. The van der Waals surface area contributed by atoms with Gasteiger partial charge in [0.25, 0.3) is 0 Å². The molecule has 0 radical (unpaired) electrons. The van der Waals surface area contributed by atoms with Gasteiger partial charge in [0.1, 0.15) is 0 Å². The Morgan fingerprint density at radius 1 is 1.21 bits per heavy atom. The fourth-order valence-electron chi connectivity index (χ4n) is 2.84. The number of likely N-dealkylation sites (tertiary alicyclic amines) is 1. The average molecular weight is 196 g/mol. The van der Waals surface area contributed by atoms with Crippen molar-refractivity contribution < 1.29 is 0 Å². The third-order valence-corrected chi connectivity index (χ3v) is 3.90. The summed E-state index contributed by atoms with van der Waals surface area (Å²) in [5.41, 5.74) is 0. The van der Waals surface area contributed by atoms with Crippen LogP contribution in [0.1, 0.15) is 33.1 Å². The van der Waals surface area contributed by atoms with Crippen LogP contribution in [0, 0.1) is 11.8 Å². The highest BCUT2D eigenvalue weighted by atomic mass is 15.2. The van der Waals surface area contributed by atoms with Gasteiger partial charge >= 0.3 is 0 Å². The lowest BCUT2D eigenvalue weighted by molar-refractivity contribution is 0.108. The van der Waals surface area contributed by atoms with Crippen LogP contribution in [-0.4, -0.2) is 37.1 Å². The Balaban J connectivity index is 1.82. The van der Waals surface area contributed by atoms with Gasteiger partial charge < -0.3 is 10.2 Å². The van der Waals surface area contributed by atoms with E-state index in [1.165, 1.54) is 45.4 Å². The fraction of sp³-hybridized carbons (Fsp3) is 1.00. The smallest absolute Gasteiger partial charge is 0.00672 e. The first-order valence-electron chi connectivity index (χ1n) is 6.20. The van der Waals surface area contributed by atoms with E-state index in [9.17, 15) is 0 Å². The summed E-state index contributed by atoms with van der Waals surface area (Å²) < 4.78 is 0. The van der Waals surface area contributed by atoms with Crippen molar-refractivity contribution in [3.05, 3.63) is 0 Å². The molecule has 2 heterocycles. The second-order valence-electron chi connectivity index (χ2n) is 5.34. The van der Waals surface area contributed by atoms with Crippen LogP contribution < -0.4 is 5.32 Å². The first-order valence-corrected chi connectivity index (χ1v) is 6.20. The van der Waals surface area contributed by atoms with E-state index in [0.29, 0.717) is 0 Å².